The van der Waals surface area contributed by atoms with Crippen LogP contribution in [0.3, 0.4) is 0 Å². The lowest BCUT2D eigenvalue weighted by Gasteiger charge is -2.31. The molecule has 0 unspecified atom stereocenters. The highest BCUT2D eigenvalue weighted by Gasteiger charge is 2.30. The van der Waals surface area contributed by atoms with Crippen LogP contribution >= 0.6 is 11.6 Å². The Morgan fingerprint density at radius 3 is 2.27 bits per heavy atom. The molecule has 0 spiro atoms. The molecule has 1 aliphatic heterocycles. The number of piperidine rings is 1. The van der Waals surface area contributed by atoms with Crippen molar-refractivity contribution in [1.29, 1.82) is 0 Å². The van der Waals surface area contributed by atoms with Crippen LogP contribution in [0.25, 0.3) is 0 Å². The zero-order valence-corrected chi connectivity index (χ0v) is 13.1. The average molecular weight is 322 g/mol. The number of rotatable bonds is 3. The Bertz CT molecular complexity index is 549. The summed E-state index contributed by atoms with van der Waals surface area (Å²) in [5, 5.41) is 6.54. The summed E-state index contributed by atoms with van der Waals surface area (Å²) < 4.78 is 0. The van der Waals surface area contributed by atoms with Gasteiger partial charge in [0, 0.05) is 35.8 Å². The van der Waals surface area contributed by atoms with Crippen LogP contribution < -0.4 is 10.6 Å². The minimum atomic E-state index is -0.0411. The molecule has 2 aliphatic rings. The van der Waals surface area contributed by atoms with Gasteiger partial charge in [-0.3, -0.25) is 4.79 Å². The third kappa shape index (κ3) is 3.91. The zero-order valence-electron chi connectivity index (χ0n) is 12.3. The van der Waals surface area contributed by atoms with Crippen LogP contribution in [0.1, 0.15) is 25.7 Å². The molecular formula is C16H20ClN3O2. The molecule has 2 N–H and O–H groups in total. The highest BCUT2D eigenvalue weighted by Crippen LogP contribution is 2.22. The van der Waals surface area contributed by atoms with E-state index in [-0.39, 0.29) is 17.9 Å². The number of amides is 3. The number of benzene rings is 1. The molecule has 118 valence electrons. The van der Waals surface area contributed by atoms with E-state index in [1.165, 1.54) is 0 Å². The number of carbonyl (C=O) groups excluding carboxylic acids is 2. The molecule has 3 amide bonds. The van der Waals surface area contributed by atoms with Gasteiger partial charge in [0.1, 0.15) is 0 Å². The maximum atomic E-state index is 12.3. The van der Waals surface area contributed by atoms with E-state index in [0.717, 1.165) is 18.5 Å². The number of anilines is 1. The van der Waals surface area contributed by atoms with Gasteiger partial charge in [-0.1, -0.05) is 11.6 Å². The minimum Gasteiger partial charge on any atom is -0.335 e. The van der Waals surface area contributed by atoms with Crippen LogP contribution in [0.2, 0.25) is 5.02 Å². The first-order valence-corrected chi connectivity index (χ1v) is 8.11. The Kier molecular flexibility index (Phi) is 4.52. The monoisotopic (exact) mass is 321 g/mol. The summed E-state index contributed by atoms with van der Waals surface area (Å²) in [6, 6.07) is 7.47. The molecule has 3 rings (SSSR count). The van der Waals surface area contributed by atoms with E-state index in [1.54, 1.807) is 24.3 Å². The zero-order chi connectivity index (χ0) is 15.5. The van der Waals surface area contributed by atoms with Crippen LogP contribution in [0.5, 0.6) is 0 Å². The van der Waals surface area contributed by atoms with Crippen molar-refractivity contribution in [2.24, 2.45) is 5.92 Å². The van der Waals surface area contributed by atoms with Crippen LogP contribution in [-0.2, 0) is 4.79 Å². The number of urea groups is 1. The molecule has 2 fully saturated rings. The quantitative estimate of drug-likeness (QED) is 0.899. The maximum Gasteiger partial charge on any atom is 0.317 e. The van der Waals surface area contributed by atoms with E-state index in [1.807, 2.05) is 4.90 Å². The molecule has 6 heteroatoms. The minimum absolute atomic E-state index is 0.0130. The molecule has 0 bridgehead atoms. The molecule has 5 nitrogen and oxygen atoms in total. The number of nitrogens with one attached hydrogen (secondary N) is 2. The lowest BCUT2D eigenvalue weighted by Crippen LogP contribution is -2.46. The topological polar surface area (TPSA) is 61.4 Å². The second kappa shape index (κ2) is 6.57. The summed E-state index contributed by atoms with van der Waals surface area (Å²) in [6.07, 6.45) is 3.59. The first-order chi connectivity index (χ1) is 10.6. The van der Waals surface area contributed by atoms with Crippen LogP contribution in [0.4, 0.5) is 10.5 Å². The lowest BCUT2D eigenvalue weighted by molar-refractivity contribution is -0.121. The van der Waals surface area contributed by atoms with E-state index in [4.69, 9.17) is 11.6 Å². The van der Waals surface area contributed by atoms with Crippen LogP contribution in [0.15, 0.2) is 24.3 Å². The van der Waals surface area contributed by atoms with E-state index < -0.39 is 0 Å². The Balaban J connectivity index is 1.46. The first-order valence-electron chi connectivity index (χ1n) is 7.74. The standard InChI is InChI=1S/C16H20ClN3O2/c17-12-1-3-13(4-2-12)18-15(21)11-7-9-20(10-8-11)16(22)19-14-5-6-14/h1-4,11,14H,5-10H2,(H,18,21)(H,19,22). The van der Waals surface area contributed by atoms with Crippen molar-refractivity contribution in [3.63, 3.8) is 0 Å². The normalized spacial score (nSPS) is 18.9. The average Bonchev–Trinajstić information content (AvgIpc) is 3.33. The summed E-state index contributed by atoms with van der Waals surface area (Å²) in [6.45, 7) is 1.27. The smallest absolute Gasteiger partial charge is 0.317 e. The molecule has 1 saturated carbocycles. The molecular weight excluding hydrogens is 302 g/mol. The fourth-order valence-electron chi connectivity index (χ4n) is 2.62. The van der Waals surface area contributed by atoms with Crippen molar-refractivity contribution < 1.29 is 9.59 Å². The fourth-order valence-corrected chi connectivity index (χ4v) is 2.74. The molecule has 1 aliphatic carbocycles. The number of nitrogens with zero attached hydrogens (tertiary/aromatic N) is 1. The third-order valence-corrected chi connectivity index (χ3v) is 4.42. The molecule has 0 aromatic heterocycles. The second-order valence-corrected chi connectivity index (χ2v) is 6.42. The highest BCUT2D eigenvalue weighted by atomic mass is 35.5. The van der Waals surface area contributed by atoms with Crippen molar-refractivity contribution in [3.05, 3.63) is 29.3 Å². The molecule has 0 atom stereocenters. The number of hydrogen-bond acceptors (Lipinski definition) is 2. The summed E-state index contributed by atoms with van der Waals surface area (Å²) in [5.74, 6) is -0.0229. The molecule has 22 heavy (non-hydrogen) atoms. The van der Waals surface area contributed by atoms with Crippen molar-refractivity contribution >= 4 is 29.2 Å². The van der Waals surface area contributed by atoms with Gasteiger partial charge in [-0.2, -0.15) is 0 Å². The first kappa shape index (κ1) is 15.2. The van der Waals surface area contributed by atoms with E-state index >= 15 is 0 Å². The number of hydrogen-bond donors (Lipinski definition) is 2. The Morgan fingerprint density at radius 2 is 1.68 bits per heavy atom. The number of likely N-dealkylation sites (tertiary alicyclic amines) is 1. The third-order valence-electron chi connectivity index (χ3n) is 4.17. The summed E-state index contributed by atoms with van der Waals surface area (Å²) in [4.78, 5) is 26.0. The van der Waals surface area contributed by atoms with Gasteiger partial charge >= 0.3 is 6.03 Å². The van der Waals surface area contributed by atoms with Crippen molar-refractivity contribution in [2.75, 3.05) is 18.4 Å². The molecule has 1 aromatic carbocycles. The number of carbonyl (C=O) groups is 2. The van der Waals surface area contributed by atoms with Gasteiger partial charge < -0.3 is 15.5 Å². The van der Waals surface area contributed by atoms with Gasteiger partial charge in [0.15, 0.2) is 0 Å². The predicted molar refractivity (Wildman–Crippen MR) is 85.9 cm³/mol. The Hall–Kier alpha value is -1.75. The Labute approximate surface area is 135 Å². The van der Waals surface area contributed by atoms with Crippen LogP contribution in [-0.4, -0.2) is 36.0 Å². The molecule has 1 saturated heterocycles. The largest absolute Gasteiger partial charge is 0.335 e. The maximum absolute atomic E-state index is 12.3. The SMILES string of the molecule is O=C(Nc1ccc(Cl)cc1)C1CCN(C(=O)NC2CC2)CC1. The van der Waals surface area contributed by atoms with E-state index in [9.17, 15) is 9.59 Å². The van der Waals surface area contributed by atoms with Crippen molar-refractivity contribution in [2.45, 2.75) is 31.7 Å². The molecule has 1 aromatic rings. The fraction of sp³-hybridized carbons (Fsp3) is 0.500. The van der Waals surface area contributed by atoms with Gasteiger partial charge in [-0.15, -0.1) is 0 Å². The van der Waals surface area contributed by atoms with E-state index in [2.05, 4.69) is 10.6 Å². The van der Waals surface area contributed by atoms with Gasteiger partial charge in [-0.25, -0.2) is 4.79 Å². The van der Waals surface area contributed by atoms with Crippen molar-refractivity contribution in [1.82, 2.24) is 10.2 Å². The van der Waals surface area contributed by atoms with Gasteiger partial charge in [-0.05, 0) is 49.9 Å². The van der Waals surface area contributed by atoms with Crippen LogP contribution in [0, 0.1) is 5.92 Å². The second-order valence-electron chi connectivity index (χ2n) is 5.98. The lowest BCUT2D eigenvalue weighted by atomic mass is 9.96. The van der Waals surface area contributed by atoms with Crippen molar-refractivity contribution in [3.8, 4) is 0 Å². The summed E-state index contributed by atoms with van der Waals surface area (Å²) in [7, 11) is 0. The Morgan fingerprint density at radius 1 is 1.05 bits per heavy atom. The predicted octanol–water partition coefficient (Wildman–Crippen LogP) is 2.86. The summed E-state index contributed by atoms with van der Waals surface area (Å²) in [5.41, 5.74) is 0.753. The summed E-state index contributed by atoms with van der Waals surface area (Å²) >= 11 is 5.83. The highest BCUT2D eigenvalue weighted by molar-refractivity contribution is 6.30. The molecule has 0 radical (unpaired) electrons. The van der Waals surface area contributed by atoms with Gasteiger partial charge in [0.2, 0.25) is 5.91 Å². The number of halogens is 1. The molecule has 1 heterocycles. The van der Waals surface area contributed by atoms with Gasteiger partial charge in [0.05, 0.1) is 0 Å². The van der Waals surface area contributed by atoms with E-state index in [0.29, 0.717) is 37.0 Å². The van der Waals surface area contributed by atoms with Gasteiger partial charge in [0.25, 0.3) is 0 Å².